The van der Waals surface area contributed by atoms with E-state index in [0.717, 1.165) is 24.0 Å². The molecule has 0 N–H and O–H groups in total. The largest absolute Gasteiger partial charge is 0.443 e. The van der Waals surface area contributed by atoms with Gasteiger partial charge in [-0.2, -0.15) is 0 Å². The third kappa shape index (κ3) is 4.43. The molecule has 0 aliphatic carbocycles. The maximum absolute atomic E-state index is 13.4. The summed E-state index contributed by atoms with van der Waals surface area (Å²) < 4.78 is 32.4. The first kappa shape index (κ1) is 21.5. The standard InChI is InChI=1S/C25H21F2N3O2S/c1-15-22(33-24(29-15)17-6-10-19(27)11-7-17)25(31)30-12-2-3-21(30)23-28-14-20(32-23)13-16-4-8-18(26)9-5-16/h4-11,14,21H,2-3,12-13H2,1H3/t21-/m0/s1. The Hall–Kier alpha value is -3.39. The van der Waals surface area contributed by atoms with E-state index in [1.807, 2.05) is 6.92 Å². The quantitative estimate of drug-likeness (QED) is 0.365. The Bertz CT molecular complexity index is 1280. The highest BCUT2D eigenvalue weighted by atomic mass is 32.1. The van der Waals surface area contributed by atoms with Crippen LogP contribution in [0.15, 0.2) is 59.1 Å². The van der Waals surface area contributed by atoms with E-state index in [4.69, 9.17) is 4.42 Å². The Morgan fingerprint density at radius 3 is 2.55 bits per heavy atom. The molecule has 1 saturated heterocycles. The average molecular weight is 466 g/mol. The Morgan fingerprint density at radius 1 is 1.12 bits per heavy atom. The molecule has 5 nitrogen and oxygen atoms in total. The molecule has 2 aromatic heterocycles. The zero-order valence-electron chi connectivity index (χ0n) is 17.9. The molecule has 0 spiro atoms. The fourth-order valence-electron chi connectivity index (χ4n) is 4.07. The van der Waals surface area contributed by atoms with E-state index >= 15 is 0 Å². The lowest BCUT2D eigenvalue weighted by Crippen LogP contribution is -2.30. The highest BCUT2D eigenvalue weighted by Gasteiger charge is 2.35. The van der Waals surface area contributed by atoms with Gasteiger partial charge in [0.1, 0.15) is 33.3 Å². The third-order valence-corrected chi connectivity index (χ3v) is 6.94. The average Bonchev–Trinajstić information content (AvgIpc) is 3.55. The van der Waals surface area contributed by atoms with Gasteiger partial charge in [0.25, 0.3) is 5.91 Å². The van der Waals surface area contributed by atoms with Crippen LogP contribution in [-0.2, 0) is 6.42 Å². The fraction of sp³-hybridized carbons (Fsp3) is 0.240. The van der Waals surface area contributed by atoms with Gasteiger partial charge in [-0.1, -0.05) is 12.1 Å². The zero-order valence-corrected chi connectivity index (χ0v) is 18.7. The predicted molar refractivity (Wildman–Crippen MR) is 121 cm³/mol. The Labute approximate surface area is 193 Å². The zero-order chi connectivity index (χ0) is 22.9. The van der Waals surface area contributed by atoms with Crippen LogP contribution in [0.5, 0.6) is 0 Å². The molecule has 33 heavy (non-hydrogen) atoms. The third-order valence-electron chi connectivity index (χ3n) is 5.74. The molecule has 1 aliphatic rings. The van der Waals surface area contributed by atoms with Crippen LogP contribution >= 0.6 is 11.3 Å². The van der Waals surface area contributed by atoms with Crippen LogP contribution in [-0.4, -0.2) is 27.3 Å². The SMILES string of the molecule is Cc1nc(-c2ccc(F)cc2)sc1C(=O)N1CCC[C@H]1c1ncc(Cc2ccc(F)cc2)o1. The van der Waals surface area contributed by atoms with Gasteiger partial charge in [0.2, 0.25) is 5.89 Å². The summed E-state index contributed by atoms with van der Waals surface area (Å²) >= 11 is 1.31. The summed E-state index contributed by atoms with van der Waals surface area (Å²) in [5.74, 6) is 0.493. The minimum atomic E-state index is -0.312. The molecule has 0 unspecified atom stereocenters. The number of hydrogen-bond acceptors (Lipinski definition) is 5. The van der Waals surface area contributed by atoms with Crippen LogP contribution in [0.3, 0.4) is 0 Å². The van der Waals surface area contributed by atoms with Gasteiger partial charge in [0.15, 0.2) is 0 Å². The van der Waals surface area contributed by atoms with Crippen LogP contribution < -0.4 is 0 Å². The highest BCUT2D eigenvalue weighted by molar-refractivity contribution is 7.17. The summed E-state index contributed by atoms with van der Waals surface area (Å²) in [6.07, 6.45) is 3.80. The minimum absolute atomic E-state index is 0.0980. The molecule has 1 aliphatic heterocycles. The number of nitrogens with zero attached hydrogens (tertiary/aromatic N) is 3. The maximum Gasteiger partial charge on any atom is 0.266 e. The molecular weight excluding hydrogens is 444 g/mol. The number of halogens is 2. The van der Waals surface area contributed by atoms with Gasteiger partial charge >= 0.3 is 0 Å². The lowest BCUT2D eigenvalue weighted by Gasteiger charge is -2.21. The van der Waals surface area contributed by atoms with Crippen molar-refractivity contribution in [2.75, 3.05) is 6.54 Å². The number of carbonyl (C=O) groups excluding carboxylic acids is 1. The van der Waals surface area contributed by atoms with E-state index in [1.165, 1.54) is 35.6 Å². The van der Waals surface area contributed by atoms with Crippen molar-refractivity contribution in [3.8, 4) is 10.6 Å². The van der Waals surface area contributed by atoms with E-state index in [2.05, 4.69) is 9.97 Å². The number of carbonyl (C=O) groups is 1. The van der Waals surface area contributed by atoms with Crippen LogP contribution in [0.1, 0.15) is 51.5 Å². The van der Waals surface area contributed by atoms with Crippen molar-refractivity contribution >= 4 is 17.2 Å². The smallest absolute Gasteiger partial charge is 0.266 e. The lowest BCUT2D eigenvalue weighted by atomic mass is 10.1. The van der Waals surface area contributed by atoms with Gasteiger partial charge in [0, 0.05) is 18.5 Å². The Balaban J connectivity index is 1.35. The van der Waals surface area contributed by atoms with Gasteiger partial charge < -0.3 is 9.32 Å². The van der Waals surface area contributed by atoms with Crippen LogP contribution in [0.25, 0.3) is 10.6 Å². The van der Waals surface area contributed by atoms with Crippen molar-refractivity contribution in [2.45, 2.75) is 32.2 Å². The number of amides is 1. The van der Waals surface area contributed by atoms with E-state index < -0.39 is 0 Å². The molecule has 4 aromatic rings. The number of hydrogen-bond donors (Lipinski definition) is 0. The first-order valence-corrected chi connectivity index (χ1v) is 11.5. The summed E-state index contributed by atoms with van der Waals surface area (Å²) in [6, 6.07) is 12.1. The number of thiazole rings is 1. The molecule has 2 aromatic carbocycles. The van der Waals surface area contributed by atoms with E-state index in [-0.39, 0.29) is 23.6 Å². The summed E-state index contributed by atoms with van der Waals surface area (Å²) in [5, 5.41) is 0.685. The monoisotopic (exact) mass is 465 g/mol. The van der Waals surface area contributed by atoms with E-state index in [1.54, 1.807) is 35.4 Å². The second-order valence-electron chi connectivity index (χ2n) is 8.07. The van der Waals surface area contributed by atoms with Crippen molar-refractivity contribution < 1.29 is 18.0 Å². The molecular formula is C25H21F2N3O2S. The second kappa shape index (κ2) is 8.86. The molecule has 0 saturated carbocycles. The summed E-state index contributed by atoms with van der Waals surface area (Å²) in [6.45, 7) is 2.43. The molecule has 3 heterocycles. The molecule has 1 atom stereocenters. The Kier molecular flexibility index (Phi) is 5.76. The molecule has 0 radical (unpaired) electrons. The van der Waals surface area contributed by atoms with Gasteiger partial charge in [-0.15, -0.1) is 11.3 Å². The van der Waals surface area contributed by atoms with Crippen molar-refractivity contribution in [3.63, 3.8) is 0 Å². The van der Waals surface area contributed by atoms with Crippen molar-refractivity contribution in [2.24, 2.45) is 0 Å². The van der Waals surface area contributed by atoms with Crippen LogP contribution in [0.2, 0.25) is 0 Å². The Morgan fingerprint density at radius 2 is 1.82 bits per heavy atom. The minimum Gasteiger partial charge on any atom is -0.443 e. The van der Waals surface area contributed by atoms with E-state index in [0.29, 0.717) is 40.2 Å². The number of benzene rings is 2. The number of aromatic nitrogens is 2. The predicted octanol–water partition coefficient (Wildman–Crippen LogP) is 5.95. The number of rotatable bonds is 5. The normalized spacial score (nSPS) is 15.8. The van der Waals surface area contributed by atoms with Gasteiger partial charge in [-0.3, -0.25) is 4.79 Å². The number of likely N-dealkylation sites (tertiary alicyclic amines) is 1. The first-order valence-electron chi connectivity index (χ1n) is 10.7. The molecule has 168 valence electrons. The van der Waals surface area contributed by atoms with Crippen LogP contribution in [0.4, 0.5) is 8.78 Å². The molecule has 0 bridgehead atoms. The second-order valence-corrected chi connectivity index (χ2v) is 9.06. The van der Waals surface area contributed by atoms with Crippen molar-refractivity contribution in [1.29, 1.82) is 0 Å². The van der Waals surface area contributed by atoms with Gasteiger partial charge in [-0.05, 0) is 61.7 Å². The lowest BCUT2D eigenvalue weighted by molar-refractivity contribution is 0.0718. The van der Waals surface area contributed by atoms with Crippen molar-refractivity contribution in [1.82, 2.24) is 14.9 Å². The van der Waals surface area contributed by atoms with E-state index in [9.17, 15) is 13.6 Å². The number of oxazole rings is 1. The molecule has 5 rings (SSSR count). The topological polar surface area (TPSA) is 59.2 Å². The fourth-order valence-corrected chi connectivity index (χ4v) is 5.10. The maximum atomic E-state index is 13.4. The molecule has 8 heteroatoms. The molecule has 1 amide bonds. The molecule has 1 fully saturated rings. The van der Waals surface area contributed by atoms with Gasteiger partial charge in [0.05, 0.1) is 11.9 Å². The summed E-state index contributed by atoms with van der Waals surface area (Å²) in [4.78, 5) is 24.8. The number of aryl methyl sites for hydroxylation is 1. The van der Waals surface area contributed by atoms with Crippen LogP contribution in [0, 0.1) is 18.6 Å². The van der Waals surface area contributed by atoms with Crippen molar-refractivity contribution in [3.05, 3.63) is 94.1 Å². The highest BCUT2D eigenvalue weighted by Crippen LogP contribution is 2.36. The summed E-state index contributed by atoms with van der Waals surface area (Å²) in [7, 11) is 0. The van der Waals surface area contributed by atoms with Gasteiger partial charge in [-0.25, -0.2) is 18.7 Å². The summed E-state index contributed by atoms with van der Waals surface area (Å²) in [5.41, 5.74) is 2.35. The first-order chi connectivity index (χ1) is 16.0.